The molecule has 2 nitrogen and oxygen atoms in total. The fourth-order valence-electron chi connectivity index (χ4n) is 2.67. The van der Waals surface area contributed by atoms with Gasteiger partial charge in [-0.15, -0.1) is 0 Å². The zero-order chi connectivity index (χ0) is 12.5. The summed E-state index contributed by atoms with van der Waals surface area (Å²) >= 11 is 0. The smallest absolute Gasteiger partial charge is 0.0994 e. The second-order valence-corrected chi connectivity index (χ2v) is 5.89. The van der Waals surface area contributed by atoms with Gasteiger partial charge in [-0.1, -0.05) is 13.8 Å². The van der Waals surface area contributed by atoms with Crippen LogP contribution < -0.4 is 5.32 Å². The van der Waals surface area contributed by atoms with Gasteiger partial charge in [0, 0.05) is 11.7 Å². The number of aryl methyl sites for hydroxylation is 1. The summed E-state index contributed by atoms with van der Waals surface area (Å²) in [6.07, 6.45) is 3.76. The number of benzene rings is 1. The van der Waals surface area contributed by atoms with E-state index in [2.05, 4.69) is 31.3 Å². The van der Waals surface area contributed by atoms with Crippen LogP contribution in [0.1, 0.15) is 44.2 Å². The van der Waals surface area contributed by atoms with E-state index in [0.29, 0.717) is 11.5 Å². The van der Waals surface area contributed by atoms with Crippen molar-refractivity contribution in [3.8, 4) is 6.07 Å². The van der Waals surface area contributed by atoms with Gasteiger partial charge in [0.25, 0.3) is 0 Å². The first-order valence-corrected chi connectivity index (χ1v) is 6.27. The Kier molecular flexibility index (Phi) is 3.11. The number of rotatable bonds is 2. The molecule has 2 heteroatoms. The topological polar surface area (TPSA) is 35.8 Å². The van der Waals surface area contributed by atoms with Crippen molar-refractivity contribution in [1.82, 2.24) is 0 Å². The zero-order valence-electron chi connectivity index (χ0n) is 10.9. The number of nitrogens with one attached hydrogen (secondary N) is 1. The van der Waals surface area contributed by atoms with Crippen LogP contribution in [0, 0.1) is 23.7 Å². The van der Waals surface area contributed by atoms with E-state index >= 15 is 0 Å². The fourth-order valence-corrected chi connectivity index (χ4v) is 2.67. The van der Waals surface area contributed by atoms with Crippen LogP contribution in [0.5, 0.6) is 0 Å². The maximum atomic E-state index is 8.89. The molecular weight excluding hydrogens is 208 g/mol. The van der Waals surface area contributed by atoms with Crippen LogP contribution in [0.15, 0.2) is 18.2 Å². The van der Waals surface area contributed by atoms with Crippen molar-refractivity contribution >= 4 is 5.69 Å². The fraction of sp³-hybridized carbons (Fsp3) is 0.533. The minimum absolute atomic E-state index is 0.472. The highest BCUT2D eigenvalue weighted by atomic mass is 14.9. The third kappa shape index (κ3) is 2.79. The Hall–Kier alpha value is -1.49. The Bertz CT molecular complexity index is 454. The number of hydrogen-bond acceptors (Lipinski definition) is 2. The lowest BCUT2D eigenvalue weighted by Crippen LogP contribution is -2.17. The molecule has 1 aromatic carbocycles. The molecule has 1 aliphatic rings. The lowest BCUT2D eigenvalue weighted by molar-refractivity contribution is 0.378. The predicted octanol–water partition coefficient (Wildman–Crippen LogP) is 3.86. The van der Waals surface area contributed by atoms with Crippen LogP contribution in [-0.2, 0) is 0 Å². The average Bonchev–Trinajstić information content (AvgIpc) is 2.58. The molecule has 2 rings (SSSR count). The Morgan fingerprint density at radius 1 is 1.41 bits per heavy atom. The monoisotopic (exact) mass is 228 g/mol. The van der Waals surface area contributed by atoms with Crippen LogP contribution in [0.2, 0.25) is 0 Å². The van der Waals surface area contributed by atoms with Gasteiger partial charge in [-0.05, 0) is 55.4 Å². The lowest BCUT2D eigenvalue weighted by Gasteiger charge is -2.19. The molecule has 0 amide bonds. The quantitative estimate of drug-likeness (QED) is 0.834. The molecule has 0 bridgehead atoms. The third-order valence-electron chi connectivity index (χ3n) is 3.69. The summed E-state index contributed by atoms with van der Waals surface area (Å²) in [6.45, 7) is 6.65. The van der Waals surface area contributed by atoms with Gasteiger partial charge in [-0.2, -0.15) is 5.26 Å². The number of nitriles is 1. The van der Waals surface area contributed by atoms with E-state index in [1.54, 1.807) is 0 Å². The highest BCUT2D eigenvalue weighted by Gasteiger charge is 2.30. The van der Waals surface area contributed by atoms with Crippen molar-refractivity contribution in [1.29, 1.82) is 5.26 Å². The molecule has 0 saturated heterocycles. The Morgan fingerprint density at radius 2 is 2.18 bits per heavy atom. The van der Waals surface area contributed by atoms with E-state index in [4.69, 9.17) is 5.26 Å². The van der Waals surface area contributed by atoms with E-state index in [-0.39, 0.29) is 0 Å². The van der Waals surface area contributed by atoms with E-state index in [9.17, 15) is 0 Å². The molecule has 1 unspecified atom stereocenters. The van der Waals surface area contributed by atoms with E-state index in [1.165, 1.54) is 19.3 Å². The summed E-state index contributed by atoms with van der Waals surface area (Å²) < 4.78 is 0. The zero-order valence-corrected chi connectivity index (χ0v) is 10.9. The van der Waals surface area contributed by atoms with Crippen LogP contribution in [0.4, 0.5) is 5.69 Å². The number of nitrogens with zero attached hydrogens (tertiary/aromatic N) is 1. The van der Waals surface area contributed by atoms with Gasteiger partial charge in [0.1, 0.15) is 0 Å². The summed E-state index contributed by atoms with van der Waals surface area (Å²) in [4.78, 5) is 0. The molecular formula is C15H20N2. The molecule has 17 heavy (non-hydrogen) atoms. The largest absolute Gasteiger partial charge is 0.382 e. The highest BCUT2D eigenvalue weighted by molar-refractivity contribution is 5.52. The van der Waals surface area contributed by atoms with Gasteiger partial charge in [0.05, 0.1) is 11.6 Å². The number of anilines is 1. The van der Waals surface area contributed by atoms with Crippen molar-refractivity contribution in [2.24, 2.45) is 5.41 Å². The van der Waals surface area contributed by atoms with Crippen molar-refractivity contribution in [2.75, 3.05) is 5.32 Å². The maximum absolute atomic E-state index is 8.89. The summed E-state index contributed by atoms with van der Waals surface area (Å²) in [5.41, 5.74) is 3.43. The number of hydrogen-bond donors (Lipinski definition) is 1. The van der Waals surface area contributed by atoms with Gasteiger partial charge >= 0.3 is 0 Å². The summed E-state index contributed by atoms with van der Waals surface area (Å²) in [6, 6.07) is 8.77. The molecule has 1 atom stereocenters. The van der Waals surface area contributed by atoms with Crippen LogP contribution in [-0.4, -0.2) is 6.04 Å². The Balaban J connectivity index is 2.06. The van der Waals surface area contributed by atoms with Gasteiger partial charge in [0.2, 0.25) is 0 Å². The molecule has 1 fully saturated rings. The SMILES string of the molecule is Cc1cc(NC2CCC(C)(C)C2)ccc1C#N. The first-order chi connectivity index (χ1) is 8.00. The van der Waals surface area contributed by atoms with Crippen LogP contribution in [0.3, 0.4) is 0 Å². The van der Waals surface area contributed by atoms with Gasteiger partial charge in [-0.25, -0.2) is 0 Å². The first kappa shape index (κ1) is 12.0. The molecule has 0 aliphatic heterocycles. The minimum atomic E-state index is 0.472. The van der Waals surface area contributed by atoms with Crippen molar-refractivity contribution in [3.63, 3.8) is 0 Å². The molecule has 1 aromatic rings. The summed E-state index contributed by atoms with van der Waals surface area (Å²) in [7, 11) is 0. The normalized spacial score (nSPS) is 22.1. The molecule has 1 saturated carbocycles. The molecule has 0 spiro atoms. The van der Waals surface area contributed by atoms with Gasteiger partial charge < -0.3 is 5.32 Å². The Morgan fingerprint density at radius 3 is 2.71 bits per heavy atom. The average molecular weight is 228 g/mol. The Labute approximate surface area is 104 Å². The second-order valence-electron chi connectivity index (χ2n) is 5.89. The summed E-state index contributed by atoms with van der Waals surface area (Å²) in [5, 5.41) is 12.5. The van der Waals surface area contributed by atoms with Crippen LogP contribution >= 0.6 is 0 Å². The second kappa shape index (κ2) is 4.41. The van der Waals surface area contributed by atoms with E-state index in [0.717, 1.165) is 16.8 Å². The van der Waals surface area contributed by atoms with Crippen molar-refractivity contribution in [2.45, 2.75) is 46.1 Å². The minimum Gasteiger partial charge on any atom is -0.382 e. The van der Waals surface area contributed by atoms with E-state index in [1.807, 2.05) is 19.1 Å². The third-order valence-corrected chi connectivity index (χ3v) is 3.69. The predicted molar refractivity (Wildman–Crippen MR) is 70.9 cm³/mol. The molecule has 0 heterocycles. The standard InChI is InChI=1S/C15H20N2/c1-11-8-13(5-4-12(11)10-16)17-14-6-7-15(2,3)9-14/h4-5,8,14,17H,6-7,9H2,1-3H3. The maximum Gasteiger partial charge on any atom is 0.0994 e. The first-order valence-electron chi connectivity index (χ1n) is 6.27. The van der Waals surface area contributed by atoms with Crippen molar-refractivity contribution in [3.05, 3.63) is 29.3 Å². The van der Waals surface area contributed by atoms with Crippen molar-refractivity contribution < 1.29 is 0 Å². The summed E-state index contributed by atoms with van der Waals surface area (Å²) in [5.74, 6) is 0. The van der Waals surface area contributed by atoms with Crippen LogP contribution in [0.25, 0.3) is 0 Å². The lowest BCUT2D eigenvalue weighted by atomic mass is 9.92. The molecule has 0 aromatic heterocycles. The van der Waals surface area contributed by atoms with E-state index < -0.39 is 0 Å². The molecule has 90 valence electrons. The molecule has 1 N–H and O–H groups in total. The van der Waals surface area contributed by atoms with Gasteiger partial charge in [-0.3, -0.25) is 0 Å². The highest BCUT2D eigenvalue weighted by Crippen LogP contribution is 2.38. The molecule has 0 radical (unpaired) electrons. The molecule has 1 aliphatic carbocycles. The van der Waals surface area contributed by atoms with Gasteiger partial charge in [0.15, 0.2) is 0 Å².